The average Bonchev–Trinajstić information content (AvgIpc) is 2.32. The molecule has 0 saturated carbocycles. The van der Waals surface area contributed by atoms with Crippen LogP contribution in [0.1, 0.15) is 6.92 Å². The fourth-order valence-corrected chi connectivity index (χ4v) is 2.41. The van der Waals surface area contributed by atoms with Crippen molar-refractivity contribution >= 4 is 45.3 Å². The monoisotopic (exact) mass is 331 g/mol. The molecule has 0 spiro atoms. The van der Waals surface area contributed by atoms with E-state index in [0.29, 0.717) is 5.69 Å². The summed E-state index contributed by atoms with van der Waals surface area (Å²) >= 11 is 4.61. The van der Waals surface area contributed by atoms with E-state index in [1.165, 1.54) is 18.8 Å². The lowest BCUT2D eigenvalue weighted by molar-refractivity contribution is -0.119. The molecule has 4 N–H and O–H groups in total. The molecule has 0 aliphatic heterocycles. The van der Waals surface area contributed by atoms with Crippen LogP contribution >= 0.6 is 27.7 Å². The number of benzene rings is 1. The van der Waals surface area contributed by atoms with Gasteiger partial charge in [-0.05, 0) is 25.1 Å². The Morgan fingerprint density at radius 3 is 2.67 bits per heavy atom. The van der Waals surface area contributed by atoms with Crippen molar-refractivity contribution in [2.75, 3.05) is 12.8 Å². The van der Waals surface area contributed by atoms with Crippen LogP contribution in [0.5, 0.6) is 0 Å². The number of hydrogen-bond donors (Lipinski definition) is 3. The molecule has 0 radical (unpaired) electrons. The smallest absolute Gasteiger partial charge is 0.321 e. The summed E-state index contributed by atoms with van der Waals surface area (Å²) in [7, 11) is 1.45. The summed E-state index contributed by atoms with van der Waals surface area (Å²) in [5, 5.41) is 4.13. The molecular weight excluding hydrogens is 318 g/mol. The Hall–Kier alpha value is -1.21. The standard InChI is InChI=1S/C11H14BrN3O2S/c1-6(10(16)15-11(17)14-2)18-9-4-3-7(12)5-8(9)13/h3-6H,13H2,1-2H3,(H2,14,15,16,17). The molecule has 0 heterocycles. The zero-order valence-electron chi connectivity index (χ0n) is 9.99. The number of imide groups is 1. The van der Waals surface area contributed by atoms with Crippen LogP contribution in [0.2, 0.25) is 0 Å². The fraction of sp³-hybridized carbons (Fsp3) is 0.273. The minimum absolute atomic E-state index is 0.360. The summed E-state index contributed by atoms with van der Waals surface area (Å²) in [6.07, 6.45) is 0. The zero-order valence-corrected chi connectivity index (χ0v) is 12.4. The van der Waals surface area contributed by atoms with Gasteiger partial charge in [-0.3, -0.25) is 10.1 Å². The maximum absolute atomic E-state index is 11.7. The third-order valence-corrected chi connectivity index (χ3v) is 3.80. The summed E-state index contributed by atoms with van der Waals surface area (Å²) in [5.74, 6) is -0.360. The van der Waals surface area contributed by atoms with Gasteiger partial charge in [0.05, 0.1) is 5.25 Å². The quantitative estimate of drug-likeness (QED) is 0.584. The van der Waals surface area contributed by atoms with E-state index in [2.05, 4.69) is 26.6 Å². The molecule has 1 unspecified atom stereocenters. The fourth-order valence-electron chi connectivity index (χ4n) is 1.15. The average molecular weight is 332 g/mol. The number of thioether (sulfide) groups is 1. The van der Waals surface area contributed by atoms with E-state index < -0.39 is 11.3 Å². The Bertz CT molecular complexity index is 468. The first-order valence-corrected chi connectivity index (χ1v) is 6.85. The Balaban J connectivity index is 2.66. The topological polar surface area (TPSA) is 84.2 Å². The number of anilines is 1. The minimum Gasteiger partial charge on any atom is -0.398 e. The van der Waals surface area contributed by atoms with Gasteiger partial charge < -0.3 is 11.1 Å². The number of halogens is 1. The number of rotatable bonds is 3. The molecule has 1 rings (SSSR count). The van der Waals surface area contributed by atoms with Gasteiger partial charge in [0.1, 0.15) is 0 Å². The Morgan fingerprint density at radius 1 is 1.44 bits per heavy atom. The predicted molar refractivity (Wildman–Crippen MR) is 76.5 cm³/mol. The van der Waals surface area contributed by atoms with Crippen molar-refractivity contribution in [1.82, 2.24) is 10.6 Å². The van der Waals surface area contributed by atoms with Gasteiger partial charge in [0.15, 0.2) is 0 Å². The van der Waals surface area contributed by atoms with Crippen LogP contribution in [-0.2, 0) is 4.79 Å². The van der Waals surface area contributed by atoms with Crippen LogP contribution in [-0.4, -0.2) is 24.2 Å². The highest BCUT2D eigenvalue weighted by molar-refractivity contribution is 9.10. The molecule has 1 atom stereocenters. The molecule has 7 heteroatoms. The molecule has 0 aliphatic rings. The van der Waals surface area contributed by atoms with E-state index in [1.807, 2.05) is 12.1 Å². The Labute approximate surface area is 118 Å². The van der Waals surface area contributed by atoms with E-state index in [1.54, 1.807) is 13.0 Å². The third-order valence-electron chi connectivity index (χ3n) is 2.11. The van der Waals surface area contributed by atoms with E-state index in [9.17, 15) is 9.59 Å². The molecule has 18 heavy (non-hydrogen) atoms. The first kappa shape index (κ1) is 14.8. The summed E-state index contributed by atoms with van der Waals surface area (Å²) in [5.41, 5.74) is 6.43. The third kappa shape index (κ3) is 4.23. The second-order valence-corrected chi connectivity index (χ2v) is 5.81. The van der Waals surface area contributed by atoms with Gasteiger partial charge in [-0.1, -0.05) is 15.9 Å². The second kappa shape index (κ2) is 6.65. The number of nitrogens with one attached hydrogen (secondary N) is 2. The molecule has 1 aromatic rings. The van der Waals surface area contributed by atoms with E-state index >= 15 is 0 Å². The highest BCUT2D eigenvalue weighted by Gasteiger charge is 2.17. The van der Waals surface area contributed by atoms with Crippen molar-refractivity contribution in [1.29, 1.82) is 0 Å². The number of urea groups is 1. The van der Waals surface area contributed by atoms with Crippen LogP contribution in [0.3, 0.4) is 0 Å². The normalized spacial score (nSPS) is 11.7. The highest BCUT2D eigenvalue weighted by atomic mass is 79.9. The number of carbonyl (C=O) groups excluding carboxylic acids is 2. The largest absolute Gasteiger partial charge is 0.398 e. The van der Waals surface area contributed by atoms with Crippen LogP contribution in [0.4, 0.5) is 10.5 Å². The van der Waals surface area contributed by atoms with Crippen LogP contribution in [0.15, 0.2) is 27.6 Å². The SMILES string of the molecule is CNC(=O)NC(=O)C(C)Sc1ccc(Br)cc1N. The number of hydrogen-bond acceptors (Lipinski definition) is 4. The maximum atomic E-state index is 11.7. The predicted octanol–water partition coefficient (Wildman–Crippen LogP) is 1.97. The van der Waals surface area contributed by atoms with E-state index in [0.717, 1.165) is 9.37 Å². The van der Waals surface area contributed by atoms with Crippen molar-refractivity contribution in [3.05, 3.63) is 22.7 Å². The van der Waals surface area contributed by atoms with Crippen molar-refractivity contribution in [2.45, 2.75) is 17.1 Å². The van der Waals surface area contributed by atoms with Crippen molar-refractivity contribution < 1.29 is 9.59 Å². The van der Waals surface area contributed by atoms with Gasteiger partial charge in [0.2, 0.25) is 5.91 Å². The lowest BCUT2D eigenvalue weighted by Crippen LogP contribution is -2.41. The number of nitrogen functional groups attached to an aromatic ring is 1. The summed E-state index contributed by atoms with van der Waals surface area (Å²) < 4.78 is 0.881. The Kier molecular flexibility index (Phi) is 5.49. The van der Waals surface area contributed by atoms with Gasteiger partial charge >= 0.3 is 6.03 Å². The summed E-state index contributed by atoms with van der Waals surface area (Å²) in [6.45, 7) is 1.71. The molecule has 3 amide bonds. The molecule has 0 fully saturated rings. The molecule has 98 valence electrons. The van der Waals surface area contributed by atoms with Gasteiger partial charge in [0, 0.05) is 22.1 Å². The highest BCUT2D eigenvalue weighted by Crippen LogP contribution is 2.30. The van der Waals surface area contributed by atoms with Gasteiger partial charge in [-0.2, -0.15) is 0 Å². The van der Waals surface area contributed by atoms with Crippen molar-refractivity contribution in [2.24, 2.45) is 0 Å². The summed E-state index contributed by atoms with van der Waals surface area (Å²) in [4.78, 5) is 23.5. The number of carbonyl (C=O) groups is 2. The Morgan fingerprint density at radius 2 is 2.11 bits per heavy atom. The van der Waals surface area contributed by atoms with Gasteiger partial charge in [0.25, 0.3) is 0 Å². The molecule has 5 nitrogen and oxygen atoms in total. The molecular formula is C11H14BrN3O2S. The van der Waals surface area contributed by atoms with Crippen LogP contribution in [0.25, 0.3) is 0 Å². The van der Waals surface area contributed by atoms with E-state index in [4.69, 9.17) is 5.73 Å². The van der Waals surface area contributed by atoms with Gasteiger partial charge in [-0.15, -0.1) is 11.8 Å². The molecule has 0 aromatic heterocycles. The van der Waals surface area contributed by atoms with Crippen LogP contribution in [0, 0.1) is 0 Å². The lowest BCUT2D eigenvalue weighted by atomic mass is 10.3. The first-order valence-electron chi connectivity index (χ1n) is 5.18. The molecule has 0 saturated heterocycles. The van der Waals surface area contributed by atoms with E-state index in [-0.39, 0.29) is 5.91 Å². The molecule has 0 aliphatic carbocycles. The number of amides is 3. The van der Waals surface area contributed by atoms with Crippen molar-refractivity contribution in [3.63, 3.8) is 0 Å². The first-order chi connectivity index (χ1) is 8.43. The van der Waals surface area contributed by atoms with Crippen molar-refractivity contribution in [3.8, 4) is 0 Å². The summed E-state index contributed by atoms with van der Waals surface area (Å²) in [6, 6.07) is 4.93. The molecule has 1 aromatic carbocycles. The zero-order chi connectivity index (χ0) is 13.7. The minimum atomic E-state index is -0.517. The second-order valence-electron chi connectivity index (χ2n) is 3.51. The maximum Gasteiger partial charge on any atom is 0.321 e. The number of nitrogens with two attached hydrogens (primary N) is 1. The van der Waals surface area contributed by atoms with Gasteiger partial charge in [-0.25, -0.2) is 4.79 Å². The molecule has 0 bridgehead atoms. The van der Waals surface area contributed by atoms with Crippen LogP contribution < -0.4 is 16.4 Å². The lowest BCUT2D eigenvalue weighted by Gasteiger charge is -2.12.